The molecule has 1 aliphatic heterocycles. The van der Waals surface area contributed by atoms with Crippen molar-refractivity contribution in [3.05, 3.63) is 41.5 Å². The largest absolute Gasteiger partial charge is 0.348 e. The molecule has 0 N–H and O–H groups in total. The fraction of sp³-hybridized carbons (Fsp3) is 0.591. The van der Waals surface area contributed by atoms with Crippen molar-refractivity contribution in [3.63, 3.8) is 0 Å². The van der Waals surface area contributed by atoms with Crippen molar-refractivity contribution < 1.29 is 13.2 Å². The first-order chi connectivity index (χ1) is 13.1. The van der Waals surface area contributed by atoms with Crippen molar-refractivity contribution in [1.29, 1.82) is 0 Å². The van der Waals surface area contributed by atoms with Gasteiger partial charge >= 0.3 is 0 Å². The molecule has 1 aromatic carbocycles. The number of rotatable bonds is 4. The zero-order chi connectivity index (χ0) is 20.3. The predicted molar refractivity (Wildman–Crippen MR) is 109 cm³/mol. The molecule has 0 bridgehead atoms. The van der Waals surface area contributed by atoms with Crippen LogP contribution < -0.4 is 0 Å². The van der Waals surface area contributed by atoms with Crippen molar-refractivity contribution in [2.75, 3.05) is 27.2 Å². The maximum Gasteiger partial charge on any atom is 0.243 e. The molecule has 2 atom stereocenters. The molecule has 152 valence electrons. The molecule has 1 aromatic rings. The van der Waals surface area contributed by atoms with Gasteiger partial charge in [0, 0.05) is 32.6 Å². The molecule has 2 fully saturated rings. The summed E-state index contributed by atoms with van der Waals surface area (Å²) < 4.78 is 28.2. The average molecular weight is 403 g/mol. The molecule has 0 unspecified atom stereocenters. The summed E-state index contributed by atoms with van der Waals surface area (Å²) >= 11 is 0. The van der Waals surface area contributed by atoms with Gasteiger partial charge in [0.05, 0.1) is 10.8 Å². The summed E-state index contributed by atoms with van der Waals surface area (Å²) in [6, 6.07) is 7.08. The molecule has 6 heteroatoms. The zero-order valence-electron chi connectivity index (χ0n) is 17.2. The second-order valence-electron chi connectivity index (χ2n) is 9.16. The van der Waals surface area contributed by atoms with E-state index in [1.807, 2.05) is 19.1 Å². The number of hydrogen-bond donors (Lipinski definition) is 0. The number of fused-ring (bicyclic) bond motifs is 1. The lowest BCUT2D eigenvalue weighted by molar-refractivity contribution is -0.134. The minimum absolute atomic E-state index is 0.0322. The highest BCUT2D eigenvalue weighted by atomic mass is 32.2. The van der Waals surface area contributed by atoms with Gasteiger partial charge in [-0.15, -0.1) is 0 Å². The van der Waals surface area contributed by atoms with Crippen molar-refractivity contribution in [2.45, 2.75) is 44.4 Å². The molecule has 1 saturated heterocycles. The lowest BCUT2D eigenvalue weighted by Gasteiger charge is -2.41. The lowest BCUT2D eigenvalue weighted by atomic mass is 9.63. The van der Waals surface area contributed by atoms with Crippen LogP contribution in [0.15, 0.2) is 40.8 Å². The van der Waals surface area contributed by atoms with E-state index in [-0.39, 0.29) is 22.7 Å². The minimum atomic E-state index is -3.54. The van der Waals surface area contributed by atoms with Gasteiger partial charge in [0.15, 0.2) is 0 Å². The second kappa shape index (κ2) is 6.42. The number of nitrogens with zero attached hydrogens (tertiary/aromatic N) is 2. The lowest BCUT2D eigenvalue weighted by Crippen LogP contribution is -2.42. The maximum atomic E-state index is 13.3. The molecule has 0 aromatic heterocycles. The number of carbonyl (C=O) groups excluding carboxylic acids is 1. The quantitative estimate of drug-likeness (QED) is 0.727. The van der Waals surface area contributed by atoms with Crippen LogP contribution in [-0.2, 0) is 14.8 Å². The SMILES string of the molecule is CC[C@@]12CN(S(=O)(=O)c3ccc(C)cc3)CC1=C[C@H](C(=O)N(C)C)C1(CC1)C2. The van der Waals surface area contributed by atoms with Crippen LogP contribution in [-0.4, -0.2) is 50.7 Å². The summed E-state index contributed by atoms with van der Waals surface area (Å²) in [4.78, 5) is 14.8. The highest BCUT2D eigenvalue weighted by Gasteiger charge is 2.61. The van der Waals surface area contributed by atoms with E-state index in [1.54, 1.807) is 35.4 Å². The highest BCUT2D eigenvalue weighted by molar-refractivity contribution is 7.89. The van der Waals surface area contributed by atoms with Crippen LogP contribution in [0.2, 0.25) is 0 Å². The van der Waals surface area contributed by atoms with Gasteiger partial charge in [-0.25, -0.2) is 8.42 Å². The smallest absolute Gasteiger partial charge is 0.243 e. The first-order valence-corrected chi connectivity index (χ1v) is 11.6. The van der Waals surface area contributed by atoms with E-state index in [4.69, 9.17) is 0 Å². The monoisotopic (exact) mass is 402 g/mol. The molecular formula is C22H30N2O3S. The fourth-order valence-corrected chi connectivity index (χ4v) is 6.67. The highest BCUT2D eigenvalue weighted by Crippen LogP contribution is 2.65. The van der Waals surface area contributed by atoms with Crippen LogP contribution in [0.5, 0.6) is 0 Å². The molecule has 4 rings (SSSR count). The molecule has 0 radical (unpaired) electrons. The fourth-order valence-electron chi connectivity index (χ4n) is 5.17. The molecule has 1 heterocycles. The summed E-state index contributed by atoms with van der Waals surface area (Å²) in [7, 11) is 0.0782. The van der Waals surface area contributed by atoms with Gasteiger partial charge in [-0.05, 0) is 50.2 Å². The first kappa shape index (κ1) is 19.6. The summed E-state index contributed by atoms with van der Waals surface area (Å²) in [5, 5.41) is 0. The molecule has 28 heavy (non-hydrogen) atoms. The molecule has 1 saturated carbocycles. The van der Waals surface area contributed by atoms with Crippen molar-refractivity contribution in [3.8, 4) is 0 Å². The Labute approximate surface area is 168 Å². The predicted octanol–water partition coefficient (Wildman–Crippen LogP) is 3.21. The topological polar surface area (TPSA) is 57.7 Å². The van der Waals surface area contributed by atoms with Gasteiger partial charge in [0.1, 0.15) is 0 Å². The normalized spacial score (nSPS) is 28.7. The van der Waals surface area contributed by atoms with E-state index >= 15 is 0 Å². The standard InChI is InChI=1S/C22H30N2O3S/c1-5-21-14-22(10-11-22)19(20(25)23(3)4)12-17(21)13-24(15-21)28(26,27)18-8-6-16(2)7-9-18/h6-9,12,19H,5,10-11,13-15H2,1-4H3/t19-,21-/m1/s1. The molecule has 3 aliphatic rings. The van der Waals surface area contributed by atoms with E-state index < -0.39 is 10.0 Å². The number of aryl methyl sites for hydroxylation is 1. The minimum Gasteiger partial charge on any atom is -0.348 e. The number of carbonyl (C=O) groups is 1. The van der Waals surface area contributed by atoms with Gasteiger partial charge in [-0.2, -0.15) is 4.31 Å². The Kier molecular flexibility index (Phi) is 4.51. The average Bonchev–Trinajstić information content (AvgIpc) is 3.30. The van der Waals surface area contributed by atoms with Crippen molar-refractivity contribution in [1.82, 2.24) is 9.21 Å². The Morgan fingerprint density at radius 1 is 1.21 bits per heavy atom. The number of sulfonamides is 1. The summed E-state index contributed by atoms with van der Waals surface area (Å²) in [5.74, 6) is 0.0359. The van der Waals surface area contributed by atoms with Crippen LogP contribution in [0.4, 0.5) is 0 Å². The van der Waals surface area contributed by atoms with Gasteiger partial charge in [0.25, 0.3) is 0 Å². The van der Waals surface area contributed by atoms with Crippen molar-refractivity contribution >= 4 is 15.9 Å². The molecule has 1 spiro atoms. The van der Waals surface area contributed by atoms with Crippen LogP contribution >= 0.6 is 0 Å². The van der Waals surface area contributed by atoms with E-state index in [0.717, 1.165) is 36.8 Å². The Hall–Kier alpha value is -1.66. The molecule has 2 aliphatic carbocycles. The van der Waals surface area contributed by atoms with Crippen LogP contribution in [0.25, 0.3) is 0 Å². The Bertz CT molecular complexity index is 929. The zero-order valence-corrected chi connectivity index (χ0v) is 18.1. The van der Waals surface area contributed by atoms with Crippen molar-refractivity contribution in [2.24, 2.45) is 16.7 Å². The number of amides is 1. The number of hydrogen-bond acceptors (Lipinski definition) is 3. The Balaban J connectivity index is 1.70. The summed E-state index contributed by atoms with van der Waals surface area (Å²) in [6.07, 6.45) is 6.09. The van der Waals surface area contributed by atoms with Gasteiger partial charge in [0.2, 0.25) is 15.9 Å². The first-order valence-electron chi connectivity index (χ1n) is 10.1. The van der Waals surface area contributed by atoms with E-state index in [9.17, 15) is 13.2 Å². The number of benzene rings is 1. The Morgan fingerprint density at radius 2 is 1.86 bits per heavy atom. The van der Waals surface area contributed by atoms with E-state index in [1.165, 1.54) is 0 Å². The summed E-state index contributed by atoms with van der Waals surface area (Å²) in [5.41, 5.74) is 2.09. The third kappa shape index (κ3) is 2.92. The third-order valence-electron chi connectivity index (χ3n) is 7.16. The summed E-state index contributed by atoms with van der Waals surface area (Å²) in [6.45, 7) is 5.03. The van der Waals surface area contributed by atoms with Gasteiger partial charge < -0.3 is 4.90 Å². The van der Waals surface area contributed by atoms with Gasteiger partial charge in [-0.3, -0.25) is 4.79 Å². The van der Waals surface area contributed by atoms with Gasteiger partial charge in [-0.1, -0.05) is 36.3 Å². The third-order valence-corrected chi connectivity index (χ3v) is 8.97. The van der Waals surface area contributed by atoms with Crippen LogP contribution in [0.3, 0.4) is 0 Å². The van der Waals surface area contributed by atoms with E-state index in [0.29, 0.717) is 18.0 Å². The van der Waals surface area contributed by atoms with Crippen LogP contribution in [0, 0.1) is 23.7 Å². The maximum absolute atomic E-state index is 13.3. The van der Waals surface area contributed by atoms with E-state index in [2.05, 4.69) is 13.0 Å². The van der Waals surface area contributed by atoms with Crippen LogP contribution in [0.1, 0.15) is 38.2 Å². The molecule has 5 nitrogen and oxygen atoms in total. The molecular weight excluding hydrogens is 372 g/mol. The Morgan fingerprint density at radius 3 is 2.39 bits per heavy atom. The second-order valence-corrected chi connectivity index (χ2v) is 11.1. The molecule has 1 amide bonds.